The van der Waals surface area contributed by atoms with E-state index >= 15 is 0 Å². The van der Waals surface area contributed by atoms with E-state index in [9.17, 15) is 27.2 Å². The molecule has 0 bridgehead atoms. The summed E-state index contributed by atoms with van der Waals surface area (Å²) in [6.45, 7) is 3.38. The number of halogens is 5. The molecule has 11 heteroatoms. The molecule has 0 fully saturated rings. The van der Waals surface area contributed by atoms with Gasteiger partial charge in [0.15, 0.2) is 5.69 Å². The van der Waals surface area contributed by atoms with E-state index < -0.39 is 34.6 Å². The molecule has 0 saturated heterocycles. The maximum absolute atomic E-state index is 14.1. The third-order valence-electron chi connectivity index (χ3n) is 3.03. The summed E-state index contributed by atoms with van der Waals surface area (Å²) in [5, 5.41) is -0.170. The molecule has 1 heterocycles. The first kappa shape index (κ1) is 18.6. The molecule has 134 valence electrons. The fraction of sp³-hybridized carbons (Fsp3) is 0.143. The number of rotatable bonds is 4. The Morgan fingerprint density at radius 3 is 2.48 bits per heavy atom. The first-order valence-electron chi connectivity index (χ1n) is 6.52. The number of nitrogens with two attached hydrogens (primary N) is 1. The van der Waals surface area contributed by atoms with E-state index in [1.54, 1.807) is 0 Å². The fourth-order valence-corrected chi connectivity index (χ4v) is 2.15. The molecule has 1 aromatic heterocycles. The van der Waals surface area contributed by atoms with Gasteiger partial charge in [-0.15, -0.1) is 0 Å². The van der Waals surface area contributed by atoms with E-state index in [2.05, 4.69) is 6.58 Å². The van der Waals surface area contributed by atoms with Crippen molar-refractivity contribution in [2.75, 3.05) is 12.4 Å². The number of alkyl halides is 3. The topological polar surface area (TPSA) is 79.2 Å². The van der Waals surface area contributed by atoms with Gasteiger partial charge in [-0.05, 0) is 6.07 Å². The maximum Gasteiger partial charge on any atom is 0.433 e. The third-order valence-corrected chi connectivity index (χ3v) is 3.32. The lowest BCUT2D eigenvalue weighted by Crippen LogP contribution is -2.45. The van der Waals surface area contributed by atoms with Crippen molar-refractivity contribution in [2.24, 2.45) is 0 Å². The molecule has 0 amide bonds. The van der Waals surface area contributed by atoms with Crippen molar-refractivity contribution in [3.63, 3.8) is 0 Å². The molecule has 2 aromatic rings. The van der Waals surface area contributed by atoms with Gasteiger partial charge < -0.3 is 10.6 Å². The van der Waals surface area contributed by atoms with Crippen LogP contribution in [0.3, 0.4) is 0 Å². The minimum absolute atomic E-state index is 0.0200. The minimum atomic E-state index is -5.04. The maximum atomic E-state index is 14.1. The highest BCUT2D eigenvalue weighted by molar-refractivity contribution is 6.32. The molecule has 2 rings (SSSR count). The van der Waals surface area contributed by atoms with E-state index in [0.29, 0.717) is 0 Å². The van der Waals surface area contributed by atoms with Crippen molar-refractivity contribution in [1.29, 1.82) is 0 Å². The molecule has 0 atom stereocenters. The Morgan fingerprint density at radius 1 is 1.28 bits per heavy atom. The molecule has 2 N–H and O–H groups in total. The van der Waals surface area contributed by atoms with Crippen molar-refractivity contribution in [3.8, 4) is 11.4 Å². The van der Waals surface area contributed by atoms with Gasteiger partial charge in [0.1, 0.15) is 18.2 Å². The molecule has 0 saturated carbocycles. The average Bonchev–Trinajstić information content (AvgIpc) is 2.50. The molecule has 0 unspecified atom stereocenters. The van der Waals surface area contributed by atoms with Gasteiger partial charge in [-0.25, -0.2) is 18.4 Å². The monoisotopic (exact) mass is 379 g/mol. The summed E-state index contributed by atoms with van der Waals surface area (Å²) in [6.07, 6.45) is -3.68. The van der Waals surface area contributed by atoms with Crippen molar-refractivity contribution >= 4 is 11.6 Å². The minimum Gasteiger partial charge on any atom is -0.488 e. The predicted octanol–water partition coefficient (Wildman–Crippen LogP) is 2.09. The number of nitrogens with zero attached hydrogens (tertiary/aromatic N) is 2. The average molecular weight is 380 g/mol. The highest BCUT2D eigenvalue weighted by Gasteiger charge is 2.36. The first-order chi connectivity index (χ1) is 11.6. The zero-order valence-corrected chi connectivity index (χ0v) is 13.1. The number of hydrogen-bond donors (Lipinski definition) is 1. The van der Waals surface area contributed by atoms with E-state index in [1.807, 2.05) is 0 Å². The Labute approximate surface area is 142 Å². The normalized spacial score (nSPS) is 11.4. The van der Waals surface area contributed by atoms with Gasteiger partial charge in [-0.1, -0.05) is 24.3 Å². The van der Waals surface area contributed by atoms with E-state index in [0.717, 1.165) is 12.1 Å². The quantitative estimate of drug-likeness (QED) is 0.501. The zero-order valence-electron chi connectivity index (χ0n) is 12.3. The molecular formula is C14H10ClF4N3O3. The van der Waals surface area contributed by atoms with E-state index in [1.165, 1.54) is 6.08 Å². The highest BCUT2D eigenvalue weighted by Crippen LogP contribution is 2.30. The second-order valence-corrected chi connectivity index (χ2v) is 5.09. The Kier molecular flexibility index (Phi) is 4.93. The SMILES string of the molecule is C=CCOc1cc(-n2c(=O)cc(C(F)(F)F)n(N)c2=O)c(F)cc1Cl. The smallest absolute Gasteiger partial charge is 0.433 e. The number of hydrogen-bond acceptors (Lipinski definition) is 4. The van der Waals surface area contributed by atoms with Gasteiger partial charge in [0.2, 0.25) is 0 Å². The van der Waals surface area contributed by atoms with Gasteiger partial charge in [0.25, 0.3) is 5.56 Å². The van der Waals surface area contributed by atoms with Crippen molar-refractivity contribution in [1.82, 2.24) is 9.24 Å². The second-order valence-electron chi connectivity index (χ2n) is 4.69. The summed E-state index contributed by atoms with van der Waals surface area (Å²) in [7, 11) is 0. The summed E-state index contributed by atoms with van der Waals surface area (Å²) in [4.78, 5) is 24.0. The van der Waals surface area contributed by atoms with Crippen LogP contribution in [-0.4, -0.2) is 15.9 Å². The summed E-state index contributed by atoms with van der Waals surface area (Å²) in [5.74, 6) is 3.87. The lowest BCUT2D eigenvalue weighted by Gasteiger charge is -2.15. The van der Waals surface area contributed by atoms with Crippen molar-refractivity contribution < 1.29 is 22.3 Å². The zero-order chi connectivity index (χ0) is 18.9. The van der Waals surface area contributed by atoms with Crippen LogP contribution in [0.1, 0.15) is 5.69 Å². The summed E-state index contributed by atoms with van der Waals surface area (Å²) in [5.41, 5.74) is -5.34. The van der Waals surface area contributed by atoms with Crippen LogP contribution >= 0.6 is 11.6 Å². The van der Waals surface area contributed by atoms with Crippen LogP contribution in [0.4, 0.5) is 17.6 Å². The molecule has 0 radical (unpaired) electrons. The van der Waals surface area contributed by atoms with Crippen molar-refractivity contribution in [2.45, 2.75) is 6.18 Å². The number of ether oxygens (including phenoxy) is 1. The third kappa shape index (κ3) is 3.53. The van der Waals surface area contributed by atoms with Crippen molar-refractivity contribution in [3.05, 3.63) is 68.2 Å². The summed E-state index contributed by atoms with van der Waals surface area (Å²) < 4.78 is 57.4. The van der Waals surface area contributed by atoms with Crippen LogP contribution in [0.25, 0.3) is 5.69 Å². The first-order valence-corrected chi connectivity index (χ1v) is 6.90. The number of nitrogen functional groups attached to an aromatic ring is 1. The fourth-order valence-electron chi connectivity index (χ4n) is 1.95. The van der Waals surface area contributed by atoms with Crippen LogP contribution in [0.2, 0.25) is 5.02 Å². The lowest BCUT2D eigenvalue weighted by molar-refractivity contribution is -0.143. The highest BCUT2D eigenvalue weighted by atomic mass is 35.5. The lowest BCUT2D eigenvalue weighted by atomic mass is 10.2. The molecule has 0 aliphatic rings. The van der Waals surface area contributed by atoms with Crippen LogP contribution in [-0.2, 0) is 6.18 Å². The van der Waals surface area contributed by atoms with Crippen LogP contribution in [0.5, 0.6) is 5.75 Å². The molecule has 0 aliphatic carbocycles. The number of benzene rings is 1. The second kappa shape index (κ2) is 6.63. The summed E-state index contributed by atoms with van der Waals surface area (Å²) in [6, 6.07) is 1.73. The molecule has 1 aromatic carbocycles. The molecular weight excluding hydrogens is 370 g/mol. The Morgan fingerprint density at radius 2 is 1.92 bits per heavy atom. The van der Waals surface area contributed by atoms with Gasteiger partial charge >= 0.3 is 11.9 Å². The molecule has 6 nitrogen and oxygen atoms in total. The number of aromatic nitrogens is 2. The largest absolute Gasteiger partial charge is 0.488 e. The molecule has 0 spiro atoms. The summed E-state index contributed by atoms with van der Waals surface area (Å²) >= 11 is 5.78. The van der Waals surface area contributed by atoms with Gasteiger partial charge in [-0.3, -0.25) is 4.79 Å². The van der Waals surface area contributed by atoms with Gasteiger partial charge in [-0.2, -0.15) is 13.2 Å². The molecule has 0 aliphatic heterocycles. The van der Waals surface area contributed by atoms with Crippen LogP contribution in [0.15, 0.2) is 40.4 Å². The van der Waals surface area contributed by atoms with E-state index in [-0.39, 0.29) is 32.7 Å². The van der Waals surface area contributed by atoms with Crippen LogP contribution in [0, 0.1) is 5.82 Å². The van der Waals surface area contributed by atoms with Crippen LogP contribution < -0.4 is 21.8 Å². The predicted molar refractivity (Wildman–Crippen MR) is 82.1 cm³/mol. The van der Waals surface area contributed by atoms with Gasteiger partial charge in [0.05, 0.1) is 10.7 Å². The Hall–Kier alpha value is -2.75. The Bertz CT molecular complexity index is 950. The van der Waals surface area contributed by atoms with Gasteiger partial charge in [0, 0.05) is 12.1 Å². The Balaban J connectivity index is 2.75. The molecule has 25 heavy (non-hydrogen) atoms. The standard InChI is InChI=1S/C14H10ClF4N3O3/c1-2-3-25-10-5-9(8(16)4-7(10)15)21-12(23)6-11(14(17,18)19)22(20)13(21)24/h2,4-6H,1,3,20H2. The van der Waals surface area contributed by atoms with E-state index in [4.69, 9.17) is 22.2 Å².